The number of rotatable bonds is 4. The number of hydrogen-bond acceptors (Lipinski definition) is 3. The summed E-state index contributed by atoms with van der Waals surface area (Å²) in [4.78, 5) is 24.8. The van der Waals surface area contributed by atoms with E-state index < -0.39 is 17.9 Å². The van der Waals surface area contributed by atoms with E-state index in [9.17, 15) is 9.59 Å². The Morgan fingerprint density at radius 3 is 2.63 bits per heavy atom. The SMILES string of the molecule is CC(O)CCN(C)C(=O)C(=O)Nc1ccccc1Br. The van der Waals surface area contributed by atoms with E-state index in [4.69, 9.17) is 5.11 Å². The Morgan fingerprint density at radius 1 is 1.42 bits per heavy atom. The molecule has 6 heteroatoms. The summed E-state index contributed by atoms with van der Waals surface area (Å²) in [6.07, 6.45) is -0.0635. The number of aliphatic hydroxyl groups excluding tert-OH is 1. The molecule has 0 spiro atoms. The number of nitrogens with one attached hydrogen (secondary N) is 1. The molecule has 2 N–H and O–H groups in total. The molecule has 0 saturated heterocycles. The van der Waals surface area contributed by atoms with Crippen LogP contribution in [0.3, 0.4) is 0 Å². The van der Waals surface area contributed by atoms with Crippen molar-refractivity contribution in [3.63, 3.8) is 0 Å². The number of para-hydroxylation sites is 1. The Balaban J connectivity index is 2.58. The van der Waals surface area contributed by atoms with E-state index in [-0.39, 0.29) is 0 Å². The molecule has 1 aromatic carbocycles. The van der Waals surface area contributed by atoms with Gasteiger partial charge in [0, 0.05) is 18.1 Å². The molecule has 0 aromatic heterocycles. The van der Waals surface area contributed by atoms with Crippen LogP contribution < -0.4 is 5.32 Å². The molecule has 0 aliphatic carbocycles. The van der Waals surface area contributed by atoms with Gasteiger partial charge in [0.2, 0.25) is 0 Å². The molecule has 19 heavy (non-hydrogen) atoms. The lowest BCUT2D eigenvalue weighted by atomic mass is 10.2. The Bertz CT molecular complexity index is 463. The number of anilines is 1. The van der Waals surface area contributed by atoms with Crippen LogP contribution in [-0.2, 0) is 9.59 Å². The number of carbonyl (C=O) groups is 2. The summed E-state index contributed by atoms with van der Waals surface area (Å²) in [6.45, 7) is 1.97. The molecule has 5 nitrogen and oxygen atoms in total. The first-order valence-electron chi connectivity index (χ1n) is 5.91. The average molecular weight is 329 g/mol. The molecule has 2 amide bonds. The minimum Gasteiger partial charge on any atom is -0.393 e. The van der Waals surface area contributed by atoms with Crippen LogP contribution in [-0.4, -0.2) is 41.5 Å². The topological polar surface area (TPSA) is 69.6 Å². The maximum atomic E-state index is 11.8. The van der Waals surface area contributed by atoms with Gasteiger partial charge in [-0.05, 0) is 41.4 Å². The predicted molar refractivity (Wildman–Crippen MR) is 76.7 cm³/mol. The van der Waals surface area contributed by atoms with Gasteiger partial charge in [0.1, 0.15) is 0 Å². The first-order valence-corrected chi connectivity index (χ1v) is 6.70. The summed E-state index contributed by atoms with van der Waals surface area (Å²) in [5.41, 5.74) is 0.546. The second-order valence-corrected chi connectivity index (χ2v) is 5.15. The lowest BCUT2D eigenvalue weighted by Crippen LogP contribution is -2.38. The lowest BCUT2D eigenvalue weighted by Gasteiger charge is -2.17. The van der Waals surface area contributed by atoms with Gasteiger partial charge in [0.05, 0.1) is 11.8 Å². The van der Waals surface area contributed by atoms with Gasteiger partial charge in [-0.1, -0.05) is 12.1 Å². The molecule has 1 unspecified atom stereocenters. The Labute approximate surface area is 120 Å². The van der Waals surface area contributed by atoms with Crippen LogP contribution in [0.25, 0.3) is 0 Å². The van der Waals surface area contributed by atoms with Crippen molar-refractivity contribution >= 4 is 33.4 Å². The highest BCUT2D eigenvalue weighted by atomic mass is 79.9. The molecular weight excluding hydrogens is 312 g/mol. The van der Waals surface area contributed by atoms with E-state index in [2.05, 4.69) is 21.2 Å². The molecular formula is C13H17BrN2O3. The summed E-state index contributed by atoms with van der Waals surface area (Å²) in [5, 5.41) is 11.7. The van der Waals surface area contributed by atoms with Crippen LogP contribution in [0.1, 0.15) is 13.3 Å². The van der Waals surface area contributed by atoms with Gasteiger partial charge in [0.25, 0.3) is 0 Å². The van der Waals surface area contributed by atoms with Crippen molar-refractivity contribution in [3.05, 3.63) is 28.7 Å². The number of aliphatic hydroxyl groups is 1. The Hall–Kier alpha value is -1.40. The lowest BCUT2D eigenvalue weighted by molar-refractivity contribution is -0.142. The van der Waals surface area contributed by atoms with Crippen molar-refractivity contribution in [1.29, 1.82) is 0 Å². The number of amides is 2. The fraction of sp³-hybridized carbons (Fsp3) is 0.385. The van der Waals surface area contributed by atoms with Crippen molar-refractivity contribution in [2.24, 2.45) is 0 Å². The van der Waals surface area contributed by atoms with Crippen LogP contribution in [0.2, 0.25) is 0 Å². The summed E-state index contributed by atoms with van der Waals surface area (Å²) in [6, 6.07) is 7.06. The van der Waals surface area contributed by atoms with Crippen molar-refractivity contribution in [1.82, 2.24) is 4.90 Å². The number of halogens is 1. The van der Waals surface area contributed by atoms with Gasteiger partial charge in [-0.15, -0.1) is 0 Å². The molecule has 104 valence electrons. The summed E-state index contributed by atoms with van der Waals surface area (Å²) in [5.74, 6) is -1.32. The van der Waals surface area contributed by atoms with Crippen LogP contribution in [0, 0.1) is 0 Å². The molecule has 0 aliphatic heterocycles. The fourth-order valence-electron chi connectivity index (χ4n) is 1.39. The first kappa shape index (κ1) is 15.7. The van der Waals surface area contributed by atoms with Gasteiger partial charge in [-0.2, -0.15) is 0 Å². The van der Waals surface area contributed by atoms with E-state index in [1.165, 1.54) is 11.9 Å². The third-order valence-corrected chi connectivity index (χ3v) is 3.24. The standard InChI is InChI=1S/C13H17BrN2O3/c1-9(17)7-8-16(2)13(19)12(18)15-11-6-4-3-5-10(11)14/h3-6,9,17H,7-8H2,1-2H3,(H,15,18). The zero-order chi connectivity index (χ0) is 14.4. The number of hydrogen-bond donors (Lipinski definition) is 2. The highest BCUT2D eigenvalue weighted by Crippen LogP contribution is 2.21. The normalized spacial score (nSPS) is 11.8. The quantitative estimate of drug-likeness (QED) is 0.825. The molecule has 0 bridgehead atoms. The van der Waals surface area contributed by atoms with E-state index in [0.717, 1.165) is 0 Å². The third kappa shape index (κ3) is 5.00. The second kappa shape index (κ2) is 7.25. The number of carbonyl (C=O) groups excluding carboxylic acids is 2. The van der Waals surface area contributed by atoms with Crippen LogP contribution >= 0.6 is 15.9 Å². The molecule has 0 fully saturated rings. The largest absolute Gasteiger partial charge is 0.393 e. The van der Waals surface area contributed by atoms with Crippen molar-refractivity contribution in [2.75, 3.05) is 18.9 Å². The Morgan fingerprint density at radius 2 is 2.05 bits per heavy atom. The smallest absolute Gasteiger partial charge is 0.313 e. The van der Waals surface area contributed by atoms with E-state index in [1.807, 2.05) is 6.07 Å². The molecule has 0 saturated carbocycles. The average Bonchev–Trinajstić information content (AvgIpc) is 2.37. The summed E-state index contributed by atoms with van der Waals surface area (Å²) in [7, 11) is 1.53. The molecule has 0 heterocycles. The maximum absolute atomic E-state index is 11.8. The van der Waals surface area contributed by atoms with Crippen molar-refractivity contribution in [2.45, 2.75) is 19.4 Å². The first-order chi connectivity index (χ1) is 8.91. The minimum absolute atomic E-state index is 0.333. The molecule has 0 radical (unpaired) electrons. The predicted octanol–water partition coefficient (Wildman–Crippen LogP) is 1.62. The monoisotopic (exact) mass is 328 g/mol. The molecule has 1 atom stereocenters. The van der Waals surface area contributed by atoms with Crippen molar-refractivity contribution in [3.8, 4) is 0 Å². The summed E-state index contributed by atoms with van der Waals surface area (Å²) < 4.78 is 0.711. The van der Waals surface area contributed by atoms with Crippen LogP contribution in [0.15, 0.2) is 28.7 Å². The van der Waals surface area contributed by atoms with E-state index >= 15 is 0 Å². The van der Waals surface area contributed by atoms with Gasteiger partial charge >= 0.3 is 11.8 Å². The van der Waals surface area contributed by atoms with Gasteiger partial charge in [-0.3, -0.25) is 9.59 Å². The third-order valence-electron chi connectivity index (χ3n) is 2.55. The van der Waals surface area contributed by atoms with Gasteiger partial charge < -0.3 is 15.3 Å². The zero-order valence-corrected chi connectivity index (χ0v) is 12.5. The van der Waals surface area contributed by atoms with Gasteiger partial charge in [0.15, 0.2) is 0 Å². The zero-order valence-electron chi connectivity index (χ0n) is 10.9. The van der Waals surface area contributed by atoms with Crippen molar-refractivity contribution < 1.29 is 14.7 Å². The Kier molecular flexibility index (Phi) is 5.98. The van der Waals surface area contributed by atoms with Crippen LogP contribution in [0.4, 0.5) is 5.69 Å². The molecule has 1 rings (SSSR count). The second-order valence-electron chi connectivity index (χ2n) is 4.30. The van der Waals surface area contributed by atoms with Gasteiger partial charge in [-0.25, -0.2) is 0 Å². The number of benzene rings is 1. The minimum atomic E-state index is -0.694. The molecule has 1 aromatic rings. The number of nitrogens with zero attached hydrogens (tertiary/aromatic N) is 1. The maximum Gasteiger partial charge on any atom is 0.313 e. The van der Waals surface area contributed by atoms with E-state index in [1.54, 1.807) is 25.1 Å². The highest BCUT2D eigenvalue weighted by molar-refractivity contribution is 9.10. The molecule has 0 aliphatic rings. The van der Waals surface area contributed by atoms with E-state index in [0.29, 0.717) is 23.1 Å². The number of likely N-dealkylation sites (N-methyl/N-ethyl adjacent to an activating group) is 1. The highest BCUT2D eigenvalue weighted by Gasteiger charge is 2.19. The van der Waals surface area contributed by atoms with Crippen LogP contribution in [0.5, 0.6) is 0 Å². The summed E-state index contributed by atoms with van der Waals surface area (Å²) >= 11 is 3.29. The fourth-order valence-corrected chi connectivity index (χ4v) is 1.78.